The fraction of sp³-hybridized carbons (Fsp3) is 0.611. The van der Waals surface area contributed by atoms with E-state index >= 15 is 0 Å². The number of benzene rings is 1. The molecule has 0 amide bonds. The fourth-order valence-electron chi connectivity index (χ4n) is 3.16. The van der Waals surface area contributed by atoms with Crippen molar-refractivity contribution in [2.24, 2.45) is 10.7 Å². The van der Waals surface area contributed by atoms with Gasteiger partial charge in [0.2, 0.25) is 0 Å². The summed E-state index contributed by atoms with van der Waals surface area (Å²) in [6.45, 7) is 7.52. The molecule has 5 nitrogen and oxygen atoms in total. The molecule has 1 aromatic rings. The van der Waals surface area contributed by atoms with E-state index in [1.165, 1.54) is 30.4 Å². The Bertz CT molecular complexity index is 508. The molecule has 3 rings (SSSR count). The quantitative estimate of drug-likeness (QED) is 0.441. The van der Waals surface area contributed by atoms with Gasteiger partial charge >= 0.3 is 0 Å². The highest BCUT2D eigenvalue weighted by molar-refractivity contribution is 14.0. The van der Waals surface area contributed by atoms with Gasteiger partial charge in [-0.25, -0.2) is 4.99 Å². The van der Waals surface area contributed by atoms with E-state index in [4.69, 9.17) is 10.5 Å². The average Bonchev–Trinajstić information content (AvgIpc) is 2.62. The van der Waals surface area contributed by atoms with Crippen LogP contribution in [0, 0.1) is 0 Å². The van der Waals surface area contributed by atoms with Crippen LogP contribution in [0.1, 0.15) is 30.4 Å². The Labute approximate surface area is 162 Å². The standard InChI is InChI=1S/C18H28N4O.HI/c19-18(22-8-2-1-3-9-22)20-14-16-4-6-17(7-5-16)15-21-10-12-23-13-11-21;/h4-7H,1-3,8-15H2,(H2,19,20);1H. The fourth-order valence-corrected chi connectivity index (χ4v) is 3.16. The molecule has 0 radical (unpaired) electrons. The van der Waals surface area contributed by atoms with Gasteiger partial charge in [0, 0.05) is 32.7 Å². The summed E-state index contributed by atoms with van der Waals surface area (Å²) in [6, 6.07) is 8.75. The zero-order valence-electron chi connectivity index (χ0n) is 14.3. The minimum Gasteiger partial charge on any atom is -0.379 e. The number of nitrogens with zero attached hydrogens (tertiary/aromatic N) is 3. The number of morpholine rings is 1. The van der Waals surface area contributed by atoms with Gasteiger partial charge in [0.15, 0.2) is 5.96 Å². The van der Waals surface area contributed by atoms with Gasteiger partial charge in [-0.05, 0) is 30.4 Å². The van der Waals surface area contributed by atoms with Crippen molar-refractivity contribution < 1.29 is 4.74 Å². The van der Waals surface area contributed by atoms with Gasteiger partial charge in [-0.2, -0.15) is 0 Å². The van der Waals surface area contributed by atoms with Crippen molar-refractivity contribution in [3.8, 4) is 0 Å². The number of ether oxygens (including phenoxy) is 1. The molecule has 6 heteroatoms. The van der Waals surface area contributed by atoms with Crippen LogP contribution in [-0.4, -0.2) is 55.2 Å². The van der Waals surface area contributed by atoms with E-state index < -0.39 is 0 Å². The minimum atomic E-state index is 0. The highest BCUT2D eigenvalue weighted by Gasteiger charge is 2.12. The Morgan fingerprint density at radius 3 is 2.25 bits per heavy atom. The number of hydrogen-bond acceptors (Lipinski definition) is 3. The van der Waals surface area contributed by atoms with Crippen molar-refractivity contribution in [2.45, 2.75) is 32.4 Å². The first-order valence-electron chi connectivity index (χ1n) is 8.74. The molecule has 0 bridgehead atoms. The van der Waals surface area contributed by atoms with E-state index in [9.17, 15) is 0 Å². The summed E-state index contributed by atoms with van der Waals surface area (Å²) in [6.07, 6.45) is 3.77. The molecule has 2 heterocycles. The average molecular weight is 444 g/mol. The van der Waals surface area contributed by atoms with Crippen molar-refractivity contribution >= 4 is 29.9 Å². The van der Waals surface area contributed by atoms with Crippen LogP contribution < -0.4 is 5.73 Å². The lowest BCUT2D eigenvalue weighted by Crippen LogP contribution is -2.40. The summed E-state index contributed by atoms with van der Waals surface area (Å²) in [4.78, 5) is 9.20. The second-order valence-corrected chi connectivity index (χ2v) is 6.43. The molecule has 2 N–H and O–H groups in total. The Balaban J connectivity index is 0.00000208. The number of nitrogens with two attached hydrogens (primary N) is 1. The van der Waals surface area contributed by atoms with Crippen LogP contribution in [0.5, 0.6) is 0 Å². The van der Waals surface area contributed by atoms with E-state index in [0.717, 1.165) is 45.9 Å². The molecule has 2 aliphatic rings. The van der Waals surface area contributed by atoms with Crippen LogP contribution in [0.25, 0.3) is 0 Å². The topological polar surface area (TPSA) is 54.1 Å². The Morgan fingerprint density at radius 1 is 0.958 bits per heavy atom. The summed E-state index contributed by atoms with van der Waals surface area (Å²) in [5.74, 6) is 0.696. The highest BCUT2D eigenvalue weighted by atomic mass is 127. The van der Waals surface area contributed by atoms with E-state index in [2.05, 4.69) is 39.1 Å². The lowest BCUT2D eigenvalue weighted by molar-refractivity contribution is 0.0342. The van der Waals surface area contributed by atoms with Gasteiger partial charge in [0.25, 0.3) is 0 Å². The maximum absolute atomic E-state index is 6.11. The van der Waals surface area contributed by atoms with Gasteiger partial charge in [0.05, 0.1) is 19.8 Å². The third-order valence-corrected chi connectivity index (χ3v) is 4.64. The first-order valence-corrected chi connectivity index (χ1v) is 8.74. The van der Waals surface area contributed by atoms with Gasteiger partial charge < -0.3 is 15.4 Å². The Morgan fingerprint density at radius 2 is 1.58 bits per heavy atom. The van der Waals surface area contributed by atoms with E-state index in [0.29, 0.717) is 12.5 Å². The maximum Gasteiger partial charge on any atom is 0.191 e. The predicted octanol–water partition coefficient (Wildman–Crippen LogP) is 2.44. The minimum absolute atomic E-state index is 0. The first-order chi connectivity index (χ1) is 11.3. The number of aliphatic imine (C=N–C) groups is 1. The van der Waals surface area contributed by atoms with Crippen molar-refractivity contribution in [1.82, 2.24) is 9.80 Å². The third kappa shape index (κ3) is 5.89. The summed E-state index contributed by atoms with van der Waals surface area (Å²) < 4.78 is 5.39. The molecule has 134 valence electrons. The molecule has 0 saturated carbocycles. The number of rotatable bonds is 4. The molecule has 2 aliphatic heterocycles. The molecule has 1 aromatic carbocycles. The monoisotopic (exact) mass is 444 g/mol. The third-order valence-electron chi connectivity index (χ3n) is 4.64. The van der Waals surface area contributed by atoms with Crippen LogP contribution in [0.3, 0.4) is 0 Å². The van der Waals surface area contributed by atoms with Gasteiger partial charge in [0.1, 0.15) is 0 Å². The number of hydrogen-bond donors (Lipinski definition) is 1. The van der Waals surface area contributed by atoms with Crippen molar-refractivity contribution in [2.75, 3.05) is 39.4 Å². The van der Waals surface area contributed by atoms with Crippen LogP contribution >= 0.6 is 24.0 Å². The van der Waals surface area contributed by atoms with Gasteiger partial charge in [-0.1, -0.05) is 24.3 Å². The molecule has 0 spiro atoms. The largest absolute Gasteiger partial charge is 0.379 e. The molecule has 2 fully saturated rings. The zero-order chi connectivity index (χ0) is 15.9. The number of likely N-dealkylation sites (tertiary alicyclic amines) is 1. The summed E-state index contributed by atoms with van der Waals surface area (Å²) in [7, 11) is 0. The summed E-state index contributed by atoms with van der Waals surface area (Å²) >= 11 is 0. The van der Waals surface area contributed by atoms with Gasteiger partial charge in [-0.15, -0.1) is 24.0 Å². The van der Waals surface area contributed by atoms with Crippen LogP contribution in [-0.2, 0) is 17.8 Å². The highest BCUT2D eigenvalue weighted by Crippen LogP contribution is 2.11. The Hall–Kier alpha value is -0.860. The van der Waals surface area contributed by atoms with E-state index in [-0.39, 0.29) is 24.0 Å². The summed E-state index contributed by atoms with van der Waals surface area (Å²) in [5.41, 5.74) is 8.68. The summed E-state index contributed by atoms with van der Waals surface area (Å²) in [5, 5.41) is 0. The van der Waals surface area contributed by atoms with Crippen LogP contribution in [0.4, 0.5) is 0 Å². The maximum atomic E-state index is 6.11. The molecule has 0 unspecified atom stereocenters. The lowest BCUT2D eigenvalue weighted by atomic mass is 10.1. The lowest BCUT2D eigenvalue weighted by Gasteiger charge is -2.27. The SMILES string of the molecule is I.NC(=NCc1ccc(CN2CCOCC2)cc1)N1CCCCC1. The molecular weight excluding hydrogens is 415 g/mol. The van der Waals surface area contributed by atoms with Crippen molar-refractivity contribution in [3.05, 3.63) is 35.4 Å². The van der Waals surface area contributed by atoms with E-state index in [1.54, 1.807) is 0 Å². The second-order valence-electron chi connectivity index (χ2n) is 6.43. The molecule has 0 aliphatic carbocycles. The second kappa shape index (κ2) is 10.2. The molecular formula is C18H29IN4O. The molecule has 0 atom stereocenters. The van der Waals surface area contributed by atoms with E-state index in [1.807, 2.05) is 0 Å². The van der Waals surface area contributed by atoms with Gasteiger partial charge in [-0.3, -0.25) is 4.90 Å². The normalized spacial score (nSPS) is 19.8. The van der Waals surface area contributed by atoms with Crippen LogP contribution in [0.2, 0.25) is 0 Å². The Kier molecular flexibility index (Phi) is 8.28. The predicted molar refractivity (Wildman–Crippen MR) is 109 cm³/mol. The smallest absolute Gasteiger partial charge is 0.191 e. The number of piperidine rings is 1. The van der Waals surface area contributed by atoms with Crippen molar-refractivity contribution in [3.63, 3.8) is 0 Å². The zero-order valence-corrected chi connectivity index (χ0v) is 16.7. The van der Waals surface area contributed by atoms with Crippen molar-refractivity contribution in [1.29, 1.82) is 0 Å². The van der Waals surface area contributed by atoms with Crippen LogP contribution in [0.15, 0.2) is 29.3 Å². The number of guanidine groups is 1. The molecule has 2 saturated heterocycles. The number of halogens is 1. The first kappa shape index (κ1) is 19.5. The molecule has 24 heavy (non-hydrogen) atoms. The molecule has 0 aromatic heterocycles.